The molecule has 3 aromatic rings. The lowest BCUT2D eigenvalue weighted by Gasteiger charge is -2.35. The molecule has 2 N–H and O–H groups in total. The number of hydrogen-bond donors (Lipinski definition) is 2. The number of ether oxygens (including phenoxy) is 1. The molecule has 0 bridgehead atoms. The maximum absolute atomic E-state index is 12.6. The second kappa shape index (κ2) is 9.94. The highest BCUT2D eigenvalue weighted by molar-refractivity contribution is 7.18. The van der Waals surface area contributed by atoms with Crippen molar-refractivity contribution in [2.24, 2.45) is 0 Å². The van der Waals surface area contributed by atoms with E-state index in [1.807, 2.05) is 13.8 Å². The Morgan fingerprint density at radius 3 is 2.81 bits per heavy atom. The van der Waals surface area contributed by atoms with E-state index in [-0.39, 0.29) is 23.9 Å². The van der Waals surface area contributed by atoms with Crippen LogP contribution in [0.3, 0.4) is 0 Å². The van der Waals surface area contributed by atoms with Crippen LogP contribution in [0, 0.1) is 20.8 Å². The molecule has 32 heavy (non-hydrogen) atoms. The molecule has 3 heterocycles. The van der Waals surface area contributed by atoms with Gasteiger partial charge in [-0.2, -0.15) is 0 Å². The Morgan fingerprint density at radius 2 is 2.06 bits per heavy atom. The van der Waals surface area contributed by atoms with Gasteiger partial charge in [0.1, 0.15) is 10.7 Å². The van der Waals surface area contributed by atoms with E-state index in [0.717, 1.165) is 28.4 Å². The van der Waals surface area contributed by atoms with E-state index in [1.54, 1.807) is 0 Å². The molecule has 1 aromatic carbocycles. The lowest BCUT2D eigenvalue weighted by Crippen LogP contribution is -2.43. The Morgan fingerprint density at radius 1 is 1.28 bits per heavy atom. The van der Waals surface area contributed by atoms with Crippen molar-refractivity contribution in [3.63, 3.8) is 0 Å². The fourth-order valence-electron chi connectivity index (χ4n) is 4.17. The first-order valence-electron chi connectivity index (χ1n) is 11.1. The van der Waals surface area contributed by atoms with Gasteiger partial charge in [0.2, 0.25) is 5.91 Å². The fourth-order valence-corrected chi connectivity index (χ4v) is 5.22. The number of amides is 1. The highest BCUT2D eigenvalue weighted by atomic mass is 32.1. The van der Waals surface area contributed by atoms with Crippen molar-refractivity contribution in [1.82, 2.24) is 20.2 Å². The number of benzene rings is 1. The molecule has 1 unspecified atom stereocenters. The molecule has 0 saturated carbocycles. The number of nitrogens with one attached hydrogen (secondary N) is 2. The third-order valence-electron chi connectivity index (χ3n) is 6.08. The summed E-state index contributed by atoms with van der Waals surface area (Å²) < 4.78 is 5.51. The molecule has 1 aliphatic rings. The molecule has 4 rings (SSSR count). The van der Waals surface area contributed by atoms with E-state index in [2.05, 4.69) is 51.4 Å². The van der Waals surface area contributed by atoms with Crippen molar-refractivity contribution in [1.29, 1.82) is 0 Å². The van der Waals surface area contributed by atoms with Crippen LogP contribution in [0.5, 0.6) is 0 Å². The third kappa shape index (κ3) is 5.09. The van der Waals surface area contributed by atoms with Crippen molar-refractivity contribution in [2.45, 2.75) is 39.7 Å². The van der Waals surface area contributed by atoms with Gasteiger partial charge in [0, 0.05) is 37.4 Å². The second-order valence-electron chi connectivity index (χ2n) is 8.36. The molecule has 2 aromatic heterocycles. The topological polar surface area (TPSA) is 87.3 Å². The second-order valence-corrected chi connectivity index (χ2v) is 9.56. The number of thiophene rings is 1. The minimum atomic E-state index is -0.126. The lowest BCUT2D eigenvalue weighted by molar-refractivity contribution is -0.121. The van der Waals surface area contributed by atoms with Crippen LogP contribution in [-0.4, -0.2) is 53.6 Å². The quantitative estimate of drug-likeness (QED) is 0.573. The van der Waals surface area contributed by atoms with Crippen molar-refractivity contribution < 1.29 is 9.53 Å². The van der Waals surface area contributed by atoms with Gasteiger partial charge in [-0.25, -0.2) is 4.98 Å². The first-order valence-corrected chi connectivity index (χ1v) is 11.9. The standard InChI is InChI=1S/C24H30N4O3S/c1-15-5-4-6-18(13-15)19(28-9-11-31-12-10-28)14-25-21(29)8-7-20-26-23(30)22-16(2)17(3)32-24(22)27-20/h4-6,13,19H,7-12,14H2,1-3H3,(H,25,29)(H,26,27,30). The Balaban J connectivity index is 1.40. The van der Waals surface area contributed by atoms with Crippen molar-refractivity contribution in [2.75, 3.05) is 32.8 Å². The first kappa shape index (κ1) is 22.6. The minimum absolute atomic E-state index is 0.0443. The van der Waals surface area contributed by atoms with Crippen molar-refractivity contribution in [3.05, 3.63) is 62.0 Å². The number of rotatable bonds is 7. The summed E-state index contributed by atoms with van der Waals surface area (Å²) in [5.41, 5.74) is 3.26. The maximum Gasteiger partial charge on any atom is 0.259 e. The smallest absolute Gasteiger partial charge is 0.259 e. The molecular weight excluding hydrogens is 424 g/mol. The zero-order valence-corrected chi connectivity index (χ0v) is 19.7. The molecule has 1 atom stereocenters. The lowest BCUT2D eigenvalue weighted by atomic mass is 10.0. The predicted molar refractivity (Wildman–Crippen MR) is 127 cm³/mol. The summed E-state index contributed by atoms with van der Waals surface area (Å²) in [7, 11) is 0. The van der Waals surface area contributed by atoms with Gasteiger partial charge in [-0.1, -0.05) is 29.8 Å². The average Bonchev–Trinajstić information content (AvgIpc) is 3.07. The largest absolute Gasteiger partial charge is 0.379 e. The molecule has 1 saturated heterocycles. The van der Waals surface area contributed by atoms with Crippen LogP contribution >= 0.6 is 11.3 Å². The molecular formula is C24H30N4O3S. The van der Waals surface area contributed by atoms with Crippen molar-refractivity contribution >= 4 is 27.5 Å². The summed E-state index contributed by atoms with van der Waals surface area (Å²) in [6, 6.07) is 8.55. The zero-order valence-electron chi connectivity index (χ0n) is 18.9. The third-order valence-corrected chi connectivity index (χ3v) is 7.18. The average molecular weight is 455 g/mol. The number of aromatic amines is 1. The SMILES string of the molecule is Cc1cccc(C(CNC(=O)CCc2nc3sc(C)c(C)c3c(=O)[nH]2)N2CCOCC2)c1. The number of fused-ring (bicyclic) bond motifs is 1. The molecule has 0 aliphatic carbocycles. The number of aromatic nitrogens is 2. The number of nitrogens with zero attached hydrogens (tertiary/aromatic N) is 2. The van der Waals surface area contributed by atoms with E-state index in [1.165, 1.54) is 22.5 Å². The van der Waals surface area contributed by atoms with Gasteiger partial charge in [0.25, 0.3) is 5.56 Å². The Hall–Kier alpha value is -2.55. The molecule has 8 heteroatoms. The summed E-state index contributed by atoms with van der Waals surface area (Å²) in [5.74, 6) is 0.513. The highest BCUT2D eigenvalue weighted by Crippen LogP contribution is 2.26. The van der Waals surface area contributed by atoms with E-state index >= 15 is 0 Å². The van der Waals surface area contributed by atoms with Gasteiger partial charge >= 0.3 is 0 Å². The summed E-state index contributed by atoms with van der Waals surface area (Å²) in [6.07, 6.45) is 0.682. The van der Waals surface area contributed by atoms with E-state index in [9.17, 15) is 9.59 Å². The van der Waals surface area contributed by atoms with Crippen molar-refractivity contribution in [3.8, 4) is 0 Å². The number of carbonyl (C=O) groups is 1. The van der Waals surface area contributed by atoms with Crippen LogP contribution in [0.25, 0.3) is 10.2 Å². The van der Waals surface area contributed by atoms with Gasteiger partial charge in [-0.15, -0.1) is 11.3 Å². The number of morpholine rings is 1. The summed E-state index contributed by atoms with van der Waals surface area (Å²) >= 11 is 1.52. The van der Waals surface area contributed by atoms with Gasteiger partial charge in [0.15, 0.2) is 0 Å². The van der Waals surface area contributed by atoms with Crippen LogP contribution in [0.2, 0.25) is 0 Å². The van der Waals surface area contributed by atoms with E-state index in [4.69, 9.17) is 4.74 Å². The van der Waals surface area contributed by atoms with Crippen LogP contribution < -0.4 is 10.9 Å². The van der Waals surface area contributed by atoms with Gasteiger partial charge in [-0.05, 0) is 31.9 Å². The molecule has 0 radical (unpaired) electrons. The molecule has 1 amide bonds. The molecule has 1 aliphatic heterocycles. The van der Waals surface area contributed by atoms with Crippen LogP contribution in [-0.2, 0) is 16.0 Å². The number of aryl methyl sites for hydroxylation is 4. The van der Waals surface area contributed by atoms with Gasteiger partial charge < -0.3 is 15.0 Å². The number of H-pyrrole nitrogens is 1. The number of carbonyl (C=O) groups excluding carboxylic acids is 1. The fraction of sp³-hybridized carbons (Fsp3) is 0.458. The summed E-state index contributed by atoms with van der Waals surface area (Å²) in [5, 5.41) is 3.75. The van der Waals surface area contributed by atoms with Gasteiger partial charge in [0.05, 0.1) is 24.6 Å². The first-order chi connectivity index (χ1) is 15.4. The molecule has 0 spiro atoms. The zero-order chi connectivity index (χ0) is 22.7. The summed E-state index contributed by atoms with van der Waals surface area (Å²) in [6.45, 7) is 9.66. The number of hydrogen-bond acceptors (Lipinski definition) is 6. The normalized spacial score (nSPS) is 15.7. The van der Waals surface area contributed by atoms with E-state index in [0.29, 0.717) is 37.4 Å². The van der Waals surface area contributed by atoms with Crippen LogP contribution in [0.4, 0.5) is 0 Å². The molecule has 7 nitrogen and oxygen atoms in total. The monoisotopic (exact) mass is 454 g/mol. The van der Waals surface area contributed by atoms with E-state index < -0.39 is 0 Å². The maximum atomic E-state index is 12.6. The summed E-state index contributed by atoms with van der Waals surface area (Å²) in [4.78, 5) is 36.7. The minimum Gasteiger partial charge on any atom is -0.379 e. The predicted octanol–water partition coefficient (Wildman–Crippen LogP) is 3.03. The Kier molecular flexibility index (Phi) is 7.03. The molecule has 170 valence electrons. The highest BCUT2D eigenvalue weighted by Gasteiger charge is 2.23. The molecule has 1 fully saturated rings. The Labute approximate surface area is 191 Å². The van der Waals surface area contributed by atoms with Gasteiger partial charge in [-0.3, -0.25) is 14.5 Å². The van der Waals surface area contributed by atoms with Crippen LogP contribution in [0.1, 0.15) is 39.9 Å². The Bertz CT molecular complexity index is 1160. The van der Waals surface area contributed by atoms with Crippen LogP contribution in [0.15, 0.2) is 29.1 Å².